The molecule has 3 heteroatoms. The summed E-state index contributed by atoms with van der Waals surface area (Å²) in [6.45, 7) is 4.90. The van der Waals surface area contributed by atoms with Crippen LogP contribution in [0.1, 0.15) is 25.3 Å². The van der Waals surface area contributed by atoms with Crippen LogP contribution >= 0.6 is 23.2 Å². The summed E-state index contributed by atoms with van der Waals surface area (Å²) in [5.74, 6) is 0.493. The molecule has 15 heavy (non-hydrogen) atoms. The second-order valence-corrected chi connectivity index (χ2v) is 4.36. The number of benzene rings is 1. The Kier molecular flexibility index (Phi) is 5.00. The van der Waals surface area contributed by atoms with Gasteiger partial charge in [-0.25, -0.2) is 0 Å². The molecule has 0 spiro atoms. The molecule has 0 aliphatic rings. The first-order valence-corrected chi connectivity index (χ1v) is 5.74. The number of hydrogen-bond acceptors (Lipinski definition) is 1. The molecule has 0 saturated heterocycles. The molecular formula is C12H15Cl2N. The van der Waals surface area contributed by atoms with Crippen LogP contribution in [0.2, 0.25) is 0 Å². The van der Waals surface area contributed by atoms with Gasteiger partial charge >= 0.3 is 0 Å². The Labute approximate surface area is 101 Å². The zero-order valence-electron chi connectivity index (χ0n) is 8.93. The van der Waals surface area contributed by atoms with Gasteiger partial charge < -0.3 is 5.32 Å². The summed E-state index contributed by atoms with van der Waals surface area (Å²) >= 11 is 11.3. The molecule has 0 aliphatic carbocycles. The molecule has 0 fully saturated rings. The van der Waals surface area contributed by atoms with Crippen LogP contribution in [0.4, 0.5) is 5.69 Å². The highest BCUT2D eigenvalue weighted by Gasteiger charge is 2.04. The largest absolute Gasteiger partial charge is 0.380 e. The fourth-order valence-electron chi connectivity index (χ4n) is 1.38. The molecule has 82 valence electrons. The van der Waals surface area contributed by atoms with Gasteiger partial charge in [0, 0.05) is 16.3 Å². The number of hydrogen-bond donors (Lipinski definition) is 1. The molecule has 0 unspecified atom stereocenters. The Morgan fingerprint density at radius 3 is 2.67 bits per heavy atom. The van der Waals surface area contributed by atoms with E-state index in [1.165, 1.54) is 11.1 Å². The van der Waals surface area contributed by atoms with E-state index < -0.39 is 0 Å². The highest BCUT2D eigenvalue weighted by Crippen LogP contribution is 2.23. The van der Waals surface area contributed by atoms with Crippen molar-refractivity contribution in [1.82, 2.24) is 0 Å². The van der Waals surface area contributed by atoms with Gasteiger partial charge in [-0.2, -0.15) is 0 Å². The SMILES string of the molecule is CC(C)c1ccccc1NCC(Cl)=CCl. The average molecular weight is 244 g/mol. The molecule has 1 N–H and O–H groups in total. The Morgan fingerprint density at radius 1 is 1.40 bits per heavy atom. The van der Waals surface area contributed by atoms with Gasteiger partial charge in [-0.3, -0.25) is 0 Å². The molecule has 0 amide bonds. The van der Waals surface area contributed by atoms with E-state index in [1.807, 2.05) is 18.2 Å². The van der Waals surface area contributed by atoms with E-state index in [1.54, 1.807) is 0 Å². The lowest BCUT2D eigenvalue weighted by Gasteiger charge is -2.13. The van der Waals surface area contributed by atoms with Crippen LogP contribution in [0.5, 0.6) is 0 Å². The van der Waals surface area contributed by atoms with Crippen LogP contribution in [0, 0.1) is 0 Å². The topological polar surface area (TPSA) is 12.0 Å². The van der Waals surface area contributed by atoms with Crippen molar-refractivity contribution in [3.05, 3.63) is 40.4 Å². The first-order valence-electron chi connectivity index (χ1n) is 4.92. The number of para-hydroxylation sites is 1. The third-order valence-electron chi connectivity index (χ3n) is 2.15. The van der Waals surface area contributed by atoms with E-state index in [0.29, 0.717) is 17.5 Å². The quantitative estimate of drug-likeness (QED) is 0.819. The van der Waals surface area contributed by atoms with Crippen LogP contribution in [-0.4, -0.2) is 6.54 Å². The molecule has 1 aromatic carbocycles. The second-order valence-electron chi connectivity index (χ2n) is 3.65. The van der Waals surface area contributed by atoms with Crippen molar-refractivity contribution in [3.8, 4) is 0 Å². The van der Waals surface area contributed by atoms with E-state index in [0.717, 1.165) is 5.69 Å². The van der Waals surface area contributed by atoms with Crippen molar-refractivity contribution in [1.29, 1.82) is 0 Å². The minimum Gasteiger partial charge on any atom is -0.380 e. The van der Waals surface area contributed by atoms with E-state index >= 15 is 0 Å². The number of nitrogens with one attached hydrogen (secondary N) is 1. The molecule has 1 nitrogen and oxygen atoms in total. The summed E-state index contributed by atoms with van der Waals surface area (Å²) in [6, 6.07) is 8.21. The monoisotopic (exact) mass is 243 g/mol. The maximum atomic E-state index is 5.81. The molecule has 1 aromatic rings. The normalized spacial score (nSPS) is 11.9. The molecule has 0 heterocycles. The summed E-state index contributed by atoms with van der Waals surface area (Å²) < 4.78 is 0. The molecule has 0 aliphatic heterocycles. The Balaban J connectivity index is 2.76. The van der Waals surface area contributed by atoms with Crippen LogP contribution in [0.25, 0.3) is 0 Å². The third kappa shape index (κ3) is 3.77. The minimum absolute atomic E-state index is 0.493. The lowest BCUT2D eigenvalue weighted by atomic mass is 10.0. The van der Waals surface area contributed by atoms with E-state index in [2.05, 4.69) is 25.2 Å². The van der Waals surface area contributed by atoms with Gasteiger partial charge in [-0.05, 0) is 17.5 Å². The summed E-state index contributed by atoms with van der Waals surface area (Å²) in [5, 5.41) is 3.87. The van der Waals surface area contributed by atoms with Crippen LogP contribution in [0.15, 0.2) is 34.8 Å². The van der Waals surface area contributed by atoms with Crippen LogP contribution in [0.3, 0.4) is 0 Å². The highest BCUT2D eigenvalue weighted by molar-refractivity contribution is 6.36. The first-order chi connectivity index (χ1) is 7.15. The molecule has 0 bridgehead atoms. The predicted octanol–water partition coefficient (Wildman–Crippen LogP) is 4.54. The zero-order valence-corrected chi connectivity index (χ0v) is 10.4. The van der Waals surface area contributed by atoms with Gasteiger partial charge in [0.2, 0.25) is 0 Å². The maximum absolute atomic E-state index is 5.81. The van der Waals surface area contributed by atoms with Crippen molar-refractivity contribution in [3.63, 3.8) is 0 Å². The van der Waals surface area contributed by atoms with Gasteiger partial charge in [-0.1, -0.05) is 55.2 Å². The average Bonchev–Trinajstić information content (AvgIpc) is 2.26. The predicted molar refractivity (Wildman–Crippen MR) is 68.8 cm³/mol. The third-order valence-corrected chi connectivity index (χ3v) is 2.77. The van der Waals surface area contributed by atoms with Gasteiger partial charge in [0.15, 0.2) is 0 Å². The summed E-state index contributed by atoms with van der Waals surface area (Å²) in [6.07, 6.45) is 0. The van der Waals surface area contributed by atoms with Crippen LogP contribution in [-0.2, 0) is 0 Å². The lowest BCUT2D eigenvalue weighted by Crippen LogP contribution is -2.04. The first kappa shape index (κ1) is 12.4. The Bertz CT molecular complexity index is 345. The van der Waals surface area contributed by atoms with Crippen molar-refractivity contribution in [2.24, 2.45) is 0 Å². The van der Waals surface area contributed by atoms with Crippen molar-refractivity contribution >= 4 is 28.9 Å². The molecule has 0 aromatic heterocycles. The van der Waals surface area contributed by atoms with Gasteiger partial charge in [-0.15, -0.1) is 0 Å². The van der Waals surface area contributed by atoms with Gasteiger partial charge in [0.25, 0.3) is 0 Å². The Morgan fingerprint density at radius 2 is 2.07 bits per heavy atom. The summed E-state index contributed by atoms with van der Waals surface area (Å²) in [5.41, 5.74) is 3.78. The Hall–Kier alpha value is -0.660. The zero-order chi connectivity index (χ0) is 11.3. The number of rotatable bonds is 4. The highest BCUT2D eigenvalue weighted by atomic mass is 35.5. The smallest absolute Gasteiger partial charge is 0.0516 e. The maximum Gasteiger partial charge on any atom is 0.0516 e. The van der Waals surface area contributed by atoms with Gasteiger partial charge in [0.05, 0.1) is 6.54 Å². The minimum atomic E-state index is 0.493. The lowest BCUT2D eigenvalue weighted by molar-refractivity contribution is 0.867. The number of halogens is 2. The fraction of sp³-hybridized carbons (Fsp3) is 0.333. The standard InChI is InChI=1S/C12H15Cl2N/c1-9(2)11-5-3-4-6-12(11)15-8-10(14)7-13/h3-7,9,15H,8H2,1-2H3. The van der Waals surface area contributed by atoms with E-state index in [-0.39, 0.29) is 0 Å². The van der Waals surface area contributed by atoms with E-state index in [9.17, 15) is 0 Å². The molecule has 1 rings (SSSR count). The second kappa shape index (κ2) is 6.04. The van der Waals surface area contributed by atoms with Crippen molar-refractivity contribution in [2.75, 3.05) is 11.9 Å². The van der Waals surface area contributed by atoms with E-state index in [4.69, 9.17) is 23.2 Å². The summed E-state index contributed by atoms with van der Waals surface area (Å²) in [7, 11) is 0. The molecule has 0 saturated carbocycles. The number of anilines is 1. The molecule has 0 atom stereocenters. The fourth-order valence-corrected chi connectivity index (χ4v) is 1.52. The molecule has 0 radical (unpaired) electrons. The van der Waals surface area contributed by atoms with Crippen molar-refractivity contribution < 1.29 is 0 Å². The van der Waals surface area contributed by atoms with Gasteiger partial charge in [0.1, 0.15) is 0 Å². The summed E-state index contributed by atoms with van der Waals surface area (Å²) in [4.78, 5) is 0. The molecular weight excluding hydrogens is 229 g/mol. The van der Waals surface area contributed by atoms with Crippen molar-refractivity contribution in [2.45, 2.75) is 19.8 Å². The van der Waals surface area contributed by atoms with Crippen LogP contribution < -0.4 is 5.32 Å².